The van der Waals surface area contributed by atoms with Crippen LogP contribution in [0.5, 0.6) is 0 Å². The van der Waals surface area contributed by atoms with Crippen molar-refractivity contribution in [3.63, 3.8) is 0 Å². The van der Waals surface area contributed by atoms with Crippen molar-refractivity contribution in [3.05, 3.63) is 0 Å². The number of nitrogens with one attached hydrogen (secondary N) is 1. The summed E-state index contributed by atoms with van der Waals surface area (Å²) in [5.74, 6) is 0.123. The predicted molar refractivity (Wildman–Crippen MR) is 49.7 cm³/mol. The minimum Gasteiger partial charge on any atom is -0.337 e. The molecule has 13 heavy (non-hydrogen) atoms. The Balaban J connectivity index is 0.000000845. The van der Waals surface area contributed by atoms with Gasteiger partial charge in [0.25, 0.3) is 0 Å². The van der Waals surface area contributed by atoms with Gasteiger partial charge in [-0.3, -0.25) is 4.79 Å². The Morgan fingerprint density at radius 2 is 2.15 bits per heavy atom. The molecule has 1 heterocycles. The smallest absolute Gasteiger partial charge is 0.236 e. The summed E-state index contributed by atoms with van der Waals surface area (Å²) in [4.78, 5) is 13.1. The maximum atomic E-state index is 12.5. The Labute approximate surface area is 83.1 Å². The molecule has 0 aromatic heterocycles. The van der Waals surface area contributed by atoms with E-state index in [1.807, 2.05) is 4.90 Å². The lowest BCUT2D eigenvalue weighted by atomic mass is 9.89. The highest BCUT2D eigenvalue weighted by Gasteiger charge is 2.36. The molecule has 0 spiro atoms. The minimum absolute atomic E-state index is 0. The van der Waals surface area contributed by atoms with Crippen LogP contribution in [-0.4, -0.2) is 42.7 Å². The molecule has 2 fully saturated rings. The number of piperazine rings is 1. The first-order valence-electron chi connectivity index (χ1n) is 4.41. The molecule has 1 saturated carbocycles. The van der Waals surface area contributed by atoms with Crippen molar-refractivity contribution in [2.24, 2.45) is 0 Å². The SMILES string of the molecule is Cl.O=C1CNCCN1C1CC(F)C1. The molecule has 0 aromatic rings. The van der Waals surface area contributed by atoms with Crippen LogP contribution in [-0.2, 0) is 4.79 Å². The highest BCUT2D eigenvalue weighted by Crippen LogP contribution is 2.28. The van der Waals surface area contributed by atoms with Crippen molar-refractivity contribution in [3.8, 4) is 0 Å². The van der Waals surface area contributed by atoms with E-state index in [1.54, 1.807) is 0 Å². The highest BCUT2D eigenvalue weighted by atomic mass is 35.5. The van der Waals surface area contributed by atoms with E-state index in [0.717, 1.165) is 13.1 Å². The van der Waals surface area contributed by atoms with Crippen molar-refractivity contribution < 1.29 is 9.18 Å². The number of halogens is 2. The van der Waals surface area contributed by atoms with Gasteiger partial charge in [-0.05, 0) is 12.8 Å². The second kappa shape index (κ2) is 4.24. The van der Waals surface area contributed by atoms with Crippen LogP contribution in [0.15, 0.2) is 0 Å². The molecule has 0 unspecified atom stereocenters. The highest BCUT2D eigenvalue weighted by molar-refractivity contribution is 5.85. The Morgan fingerprint density at radius 1 is 1.46 bits per heavy atom. The summed E-state index contributed by atoms with van der Waals surface area (Å²) >= 11 is 0. The van der Waals surface area contributed by atoms with Crippen molar-refractivity contribution in [1.29, 1.82) is 0 Å². The maximum absolute atomic E-state index is 12.5. The molecule has 76 valence electrons. The number of hydrogen-bond acceptors (Lipinski definition) is 2. The van der Waals surface area contributed by atoms with Gasteiger partial charge < -0.3 is 10.2 Å². The lowest BCUT2D eigenvalue weighted by Crippen LogP contribution is -2.56. The number of carbonyl (C=O) groups excluding carboxylic acids is 1. The third-order valence-corrected chi connectivity index (χ3v) is 2.62. The van der Waals surface area contributed by atoms with E-state index < -0.39 is 6.17 Å². The first-order chi connectivity index (χ1) is 5.77. The first kappa shape index (κ1) is 10.7. The summed E-state index contributed by atoms with van der Waals surface area (Å²) < 4.78 is 12.5. The van der Waals surface area contributed by atoms with Crippen LogP contribution in [0.4, 0.5) is 4.39 Å². The standard InChI is InChI=1S/C8H13FN2O.ClH/c9-6-3-7(4-6)11-2-1-10-5-8(11)12;/h6-7,10H,1-5H2;1H. The number of nitrogens with zero attached hydrogens (tertiary/aromatic N) is 1. The molecule has 1 saturated heterocycles. The molecule has 5 heteroatoms. The number of rotatable bonds is 1. The van der Waals surface area contributed by atoms with Crippen LogP contribution < -0.4 is 5.32 Å². The van der Waals surface area contributed by atoms with Crippen LogP contribution in [0, 0.1) is 0 Å². The molecule has 3 nitrogen and oxygen atoms in total. The summed E-state index contributed by atoms with van der Waals surface area (Å²) in [6.07, 6.45) is 0.426. The fraction of sp³-hybridized carbons (Fsp3) is 0.875. The van der Waals surface area contributed by atoms with Gasteiger partial charge >= 0.3 is 0 Å². The van der Waals surface area contributed by atoms with Gasteiger partial charge in [-0.1, -0.05) is 0 Å². The van der Waals surface area contributed by atoms with E-state index in [2.05, 4.69) is 5.32 Å². The zero-order valence-electron chi connectivity index (χ0n) is 7.33. The van der Waals surface area contributed by atoms with Crippen LogP contribution in [0.1, 0.15) is 12.8 Å². The van der Waals surface area contributed by atoms with Crippen LogP contribution in [0.25, 0.3) is 0 Å². The summed E-state index contributed by atoms with van der Waals surface area (Å²) in [5, 5.41) is 2.99. The molecular formula is C8H14ClFN2O. The fourth-order valence-corrected chi connectivity index (χ4v) is 1.78. The third-order valence-electron chi connectivity index (χ3n) is 2.62. The Hall–Kier alpha value is -0.350. The number of carbonyl (C=O) groups is 1. The molecule has 2 rings (SSSR count). The normalized spacial score (nSPS) is 33.6. The minimum atomic E-state index is -0.669. The Bertz CT molecular complexity index is 197. The fourth-order valence-electron chi connectivity index (χ4n) is 1.78. The predicted octanol–water partition coefficient (Wildman–Crippen LogP) is 0.340. The van der Waals surface area contributed by atoms with E-state index in [0.29, 0.717) is 19.4 Å². The summed E-state index contributed by atoms with van der Waals surface area (Å²) in [6, 6.07) is 0.189. The van der Waals surface area contributed by atoms with Crippen molar-refractivity contribution >= 4 is 18.3 Å². The molecule has 0 bridgehead atoms. The molecule has 0 radical (unpaired) electrons. The van der Waals surface area contributed by atoms with Crippen LogP contribution in [0.3, 0.4) is 0 Å². The van der Waals surface area contributed by atoms with Gasteiger partial charge in [-0.2, -0.15) is 0 Å². The van der Waals surface area contributed by atoms with Gasteiger partial charge in [0.2, 0.25) is 5.91 Å². The molecule has 1 N–H and O–H groups in total. The van der Waals surface area contributed by atoms with Crippen LogP contribution >= 0.6 is 12.4 Å². The molecular weight excluding hydrogens is 195 g/mol. The first-order valence-corrected chi connectivity index (χ1v) is 4.41. The van der Waals surface area contributed by atoms with Gasteiger partial charge in [0.1, 0.15) is 6.17 Å². The quantitative estimate of drug-likeness (QED) is 0.674. The van der Waals surface area contributed by atoms with E-state index in [1.165, 1.54) is 0 Å². The average molecular weight is 209 g/mol. The number of alkyl halides is 1. The topological polar surface area (TPSA) is 32.3 Å². The zero-order valence-corrected chi connectivity index (χ0v) is 8.15. The zero-order chi connectivity index (χ0) is 8.55. The Morgan fingerprint density at radius 3 is 2.69 bits per heavy atom. The van der Waals surface area contributed by atoms with Crippen molar-refractivity contribution in [1.82, 2.24) is 10.2 Å². The van der Waals surface area contributed by atoms with E-state index in [9.17, 15) is 9.18 Å². The molecule has 0 aromatic carbocycles. The second-order valence-corrected chi connectivity index (χ2v) is 3.49. The second-order valence-electron chi connectivity index (χ2n) is 3.49. The largest absolute Gasteiger partial charge is 0.337 e. The third kappa shape index (κ3) is 2.11. The molecule has 0 atom stereocenters. The molecule has 1 aliphatic heterocycles. The maximum Gasteiger partial charge on any atom is 0.236 e. The van der Waals surface area contributed by atoms with Crippen molar-refractivity contribution in [2.75, 3.05) is 19.6 Å². The lowest BCUT2D eigenvalue weighted by molar-refractivity contribution is -0.137. The molecule has 1 amide bonds. The number of amides is 1. The van der Waals surface area contributed by atoms with E-state index in [4.69, 9.17) is 0 Å². The number of hydrogen-bond donors (Lipinski definition) is 1. The van der Waals surface area contributed by atoms with Gasteiger partial charge in [-0.15, -0.1) is 12.4 Å². The van der Waals surface area contributed by atoms with Gasteiger partial charge in [0, 0.05) is 19.1 Å². The summed E-state index contributed by atoms with van der Waals surface area (Å²) in [6.45, 7) is 2.02. The lowest BCUT2D eigenvalue weighted by Gasteiger charge is -2.41. The monoisotopic (exact) mass is 208 g/mol. The summed E-state index contributed by atoms with van der Waals surface area (Å²) in [5.41, 5.74) is 0. The van der Waals surface area contributed by atoms with Gasteiger partial charge in [0.05, 0.1) is 6.54 Å². The van der Waals surface area contributed by atoms with Crippen molar-refractivity contribution in [2.45, 2.75) is 25.1 Å². The summed E-state index contributed by atoms with van der Waals surface area (Å²) in [7, 11) is 0. The Kier molecular flexibility index (Phi) is 3.50. The molecule has 2 aliphatic rings. The average Bonchev–Trinajstić information content (AvgIpc) is 2.01. The van der Waals surface area contributed by atoms with Gasteiger partial charge in [-0.25, -0.2) is 4.39 Å². The van der Waals surface area contributed by atoms with E-state index in [-0.39, 0.29) is 24.4 Å². The van der Waals surface area contributed by atoms with E-state index >= 15 is 0 Å². The molecule has 1 aliphatic carbocycles. The van der Waals surface area contributed by atoms with Gasteiger partial charge in [0.15, 0.2) is 0 Å². The van der Waals surface area contributed by atoms with Crippen LogP contribution in [0.2, 0.25) is 0 Å².